The van der Waals surface area contributed by atoms with Crippen LogP contribution in [0.2, 0.25) is 0 Å². The first-order chi connectivity index (χ1) is 25.5. The van der Waals surface area contributed by atoms with E-state index < -0.39 is 36.9 Å². The highest BCUT2D eigenvalue weighted by Gasteiger charge is 2.28. The highest BCUT2D eigenvalue weighted by molar-refractivity contribution is 5.80. The summed E-state index contributed by atoms with van der Waals surface area (Å²) < 4.78 is 0. The van der Waals surface area contributed by atoms with Crippen molar-refractivity contribution in [3.63, 3.8) is 0 Å². The summed E-state index contributed by atoms with van der Waals surface area (Å²) in [4.78, 5) is 12.5. The predicted molar refractivity (Wildman–Crippen MR) is 224 cm³/mol. The summed E-state index contributed by atoms with van der Waals surface area (Å²) in [5.74, 6) is -0.586. The van der Waals surface area contributed by atoms with Gasteiger partial charge in [0.05, 0.1) is 18.8 Å². The van der Waals surface area contributed by atoms with Crippen LogP contribution in [0, 0.1) is 0 Å². The Kier molecular flexibility index (Phi) is 40.5. The number of aliphatic hydroxyl groups is 4. The Morgan fingerprint density at radius 2 is 0.769 bits per heavy atom. The van der Waals surface area contributed by atoms with Gasteiger partial charge in [-0.05, 0) is 38.5 Å². The summed E-state index contributed by atoms with van der Waals surface area (Å²) in [6, 6.07) is -0.984. The molecule has 0 rings (SSSR count). The van der Waals surface area contributed by atoms with E-state index in [2.05, 4.69) is 31.3 Å². The molecule has 0 aliphatic carbocycles. The lowest BCUT2D eigenvalue weighted by Crippen LogP contribution is -2.53. The van der Waals surface area contributed by atoms with Crippen LogP contribution in [0.25, 0.3) is 0 Å². The average Bonchev–Trinajstić information content (AvgIpc) is 3.15. The number of allylic oxidation sites excluding steroid dienone is 2. The maximum atomic E-state index is 12.5. The molecule has 310 valence electrons. The van der Waals surface area contributed by atoms with E-state index in [4.69, 9.17) is 0 Å². The minimum atomic E-state index is -1.26. The molecule has 0 aromatic carbocycles. The first-order valence-corrected chi connectivity index (χ1v) is 23.1. The molecule has 0 aromatic rings. The minimum Gasteiger partial charge on any atom is -0.394 e. The van der Waals surface area contributed by atoms with Gasteiger partial charge in [0.25, 0.3) is 0 Å². The fraction of sp³-hybridized carbons (Fsp3) is 0.935. The summed E-state index contributed by atoms with van der Waals surface area (Å²) in [5.41, 5.74) is 0. The Bertz CT molecular complexity index is 746. The van der Waals surface area contributed by atoms with Gasteiger partial charge in [-0.2, -0.15) is 0 Å². The number of nitrogens with one attached hydrogen (secondary N) is 1. The zero-order chi connectivity index (χ0) is 38.2. The fourth-order valence-electron chi connectivity index (χ4n) is 7.28. The van der Waals surface area contributed by atoms with E-state index >= 15 is 0 Å². The van der Waals surface area contributed by atoms with E-state index in [1.165, 1.54) is 173 Å². The molecule has 0 heterocycles. The van der Waals surface area contributed by atoms with Crippen molar-refractivity contribution >= 4 is 5.91 Å². The van der Waals surface area contributed by atoms with E-state index in [1.54, 1.807) is 0 Å². The van der Waals surface area contributed by atoms with Gasteiger partial charge in [-0.25, -0.2) is 0 Å². The molecule has 0 spiro atoms. The topological polar surface area (TPSA) is 110 Å². The first-order valence-electron chi connectivity index (χ1n) is 23.1. The molecule has 6 nitrogen and oxygen atoms in total. The van der Waals surface area contributed by atoms with Crippen molar-refractivity contribution in [3.05, 3.63) is 12.2 Å². The number of carbonyl (C=O) groups is 1. The molecule has 0 aliphatic rings. The molecule has 0 bridgehead atoms. The maximum Gasteiger partial charge on any atom is 0.249 e. The van der Waals surface area contributed by atoms with Crippen molar-refractivity contribution in [3.8, 4) is 0 Å². The number of aliphatic hydroxyl groups excluding tert-OH is 4. The Balaban J connectivity index is 3.71. The van der Waals surface area contributed by atoms with Gasteiger partial charge in [0, 0.05) is 0 Å². The van der Waals surface area contributed by atoms with Gasteiger partial charge in [-0.1, -0.05) is 219 Å². The molecule has 4 unspecified atom stereocenters. The summed E-state index contributed by atoms with van der Waals surface area (Å²) in [6.45, 7) is 4.06. The van der Waals surface area contributed by atoms with Crippen molar-refractivity contribution in [1.82, 2.24) is 5.32 Å². The molecule has 0 saturated carbocycles. The number of unbranched alkanes of at least 4 members (excludes halogenated alkanes) is 31. The predicted octanol–water partition coefficient (Wildman–Crippen LogP) is 12.2. The Labute approximate surface area is 323 Å². The summed E-state index contributed by atoms with van der Waals surface area (Å²) in [5, 5.41) is 43.8. The van der Waals surface area contributed by atoms with E-state index in [-0.39, 0.29) is 0 Å². The number of hydrogen-bond donors (Lipinski definition) is 5. The van der Waals surface area contributed by atoms with Gasteiger partial charge in [-0.15, -0.1) is 0 Å². The molecule has 0 aromatic heterocycles. The van der Waals surface area contributed by atoms with Crippen LogP contribution in [0.5, 0.6) is 0 Å². The first kappa shape index (κ1) is 51.0. The summed E-state index contributed by atoms with van der Waals surface area (Å²) in [7, 11) is 0. The van der Waals surface area contributed by atoms with Crippen molar-refractivity contribution < 1.29 is 25.2 Å². The van der Waals surface area contributed by atoms with Crippen LogP contribution in [0.3, 0.4) is 0 Å². The Hall–Kier alpha value is -0.950. The Morgan fingerprint density at radius 1 is 0.462 bits per heavy atom. The minimum absolute atomic E-state index is 0.365. The van der Waals surface area contributed by atoms with Gasteiger partial charge < -0.3 is 25.7 Å². The van der Waals surface area contributed by atoms with Crippen molar-refractivity contribution in [2.75, 3.05) is 6.61 Å². The molecule has 0 radical (unpaired) electrons. The summed E-state index contributed by atoms with van der Waals surface area (Å²) in [6.07, 6.45) is 45.2. The van der Waals surface area contributed by atoms with Crippen LogP contribution >= 0.6 is 0 Å². The van der Waals surface area contributed by atoms with Crippen molar-refractivity contribution in [2.45, 2.75) is 269 Å². The molecule has 0 saturated heterocycles. The standard InChI is InChI=1S/C46H91NO5/c1-3-5-7-9-11-13-15-17-19-21-23-25-27-29-31-33-35-37-39-43(49)45(51)42(41-48)47-46(52)44(50)40-38-36-34-32-30-28-26-24-22-20-18-16-14-12-10-8-6-4-2/h22,24,42-45,48-51H,3-21,23,25-41H2,1-2H3,(H,47,52)/b24-22-. The summed E-state index contributed by atoms with van der Waals surface area (Å²) >= 11 is 0. The second-order valence-electron chi connectivity index (χ2n) is 16.1. The molecular formula is C46H91NO5. The van der Waals surface area contributed by atoms with E-state index in [1.807, 2.05) is 0 Å². The molecule has 0 aliphatic heterocycles. The molecule has 4 atom stereocenters. The van der Waals surface area contributed by atoms with Crippen molar-refractivity contribution in [2.24, 2.45) is 0 Å². The van der Waals surface area contributed by atoms with Crippen LogP contribution in [0.4, 0.5) is 0 Å². The highest BCUT2D eigenvalue weighted by atomic mass is 16.3. The number of rotatable bonds is 42. The SMILES string of the molecule is CCCCCCCCCC/C=C\CCCCCCCCC(O)C(=O)NC(CO)C(O)C(O)CCCCCCCCCCCCCCCCCCCC. The second-order valence-corrected chi connectivity index (χ2v) is 16.1. The van der Waals surface area contributed by atoms with E-state index in [0.29, 0.717) is 12.8 Å². The van der Waals surface area contributed by atoms with Gasteiger partial charge >= 0.3 is 0 Å². The molecule has 5 N–H and O–H groups in total. The van der Waals surface area contributed by atoms with Crippen LogP contribution in [0.15, 0.2) is 12.2 Å². The molecule has 0 fully saturated rings. The van der Waals surface area contributed by atoms with Gasteiger partial charge in [0.1, 0.15) is 12.2 Å². The zero-order valence-electron chi connectivity index (χ0n) is 34.8. The van der Waals surface area contributed by atoms with E-state index in [0.717, 1.165) is 44.9 Å². The van der Waals surface area contributed by atoms with Crippen molar-refractivity contribution in [1.29, 1.82) is 0 Å². The average molecular weight is 738 g/mol. The lowest BCUT2D eigenvalue weighted by molar-refractivity contribution is -0.132. The fourth-order valence-corrected chi connectivity index (χ4v) is 7.28. The largest absolute Gasteiger partial charge is 0.394 e. The monoisotopic (exact) mass is 738 g/mol. The third kappa shape index (κ3) is 34.8. The van der Waals surface area contributed by atoms with Crippen LogP contribution in [-0.2, 0) is 4.79 Å². The number of hydrogen-bond acceptors (Lipinski definition) is 5. The van der Waals surface area contributed by atoms with Gasteiger partial charge in [0.15, 0.2) is 0 Å². The normalized spacial score (nSPS) is 14.2. The van der Waals surface area contributed by atoms with Gasteiger partial charge in [0.2, 0.25) is 5.91 Å². The zero-order valence-corrected chi connectivity index (χ0v) is 34.8. The quantitative estimate of drug-likeness (QED) is 0.0316. The molecule has 6 heteroatoms. The third-order valence-corrected chi connectivity index (χ3v) is 11.0. The second kappa shape index (κ2) is 41.2. The highest BCUT2D eigenvalue weighted by Crippen LogP contribution is 2.17. The maximum absolute atomic E-state index is 12.5. The lowest BCUT2D eigenvalue weighted by Gasteiger charge is -2.27. The molecule has 52 heavy (non-hydrogen) atoms. The van der Waals surface area contributed by atoms with Crippen LogP contribution in [-0.4, -0.2) is 57.3 Å². The van der Waals surface area contributed by atoms with Gasteiger partial charge in [-0.3, -0.25) is 4.79 Å². The molecular weight excluding hydrogens is 647 g/mol. The van der Waals surface area contributed by atoms with Crippen LogP contribution < -0.4 is 5.32 Å². The number of amides is 1. The third-order valence-electron chi connectivity index (χ3n) is 11.0. The smallest absolute Gasteiger partial charge is 0.249 e. The van der Waals surface area contributed by atoms with E-state index in [9.17, 15) is 25.2 Å². The lowest BCUT2D eigenvalue weighted by atomic mass is 9.99. The molecule has 1 amide bonds. The van der Waals surface area contributed by atoms with Crippen LogP contribution in [0.1, 0.15) is 245 Å². The number of carbonyl (C=O) groups excluding carboxylic acids is 1. The Morgan fingerprint density at radius 3 is 1.12 bits per heavy atom.